The van der Waals surface area contributed by atoms with E-state index in [1.807, 2.05) is 126 Å². The lowest BCUT2D eigenvalue weighted by Gasteiger charge is -2.27. The minimum Gasteiger partial charge on any atom is -0.457 e. The lowest BCUT2D eigenvalue weighted by molar-refractivity contribution is 0.357. The number of amidine groups is 1. The number of allylic oxidation sites excluding steroid dienone is 2. The molecule has 0 aliphatic carbocycles. The van der Waals surface area contributed by atoms with Crippen molar-refractivity contribution in [2.24, 2.45) is 4.99 Å². The van der Waals surface area contributed by atoms with E-state index < -0.39 is 0 Å². The van der Waals surface area contributed by atoms with E-state index in [0.717, 1.165) is 201 Å². The Morgan fingerprint density at radius 1 is 0.233 bits per heavy atom. The molecule has 0 spiro atoms. The number of aliphatic imine (C=N–C) groups is 1. The Labute approximate surface area is 865 Å². The van der Waals surface area contributed by atoms with Crippen molar-refractivity contribution in [3.63, 3.8) is 0 Å². The van der Waals surface area contributed by atoms with Crippen LogP contribution in [0.5, 0.6) is 0 Å². The lowest BCUT2D eigenvalue weighted by atomic mass is 9.95. The van der Waals surface area contributed by atoms with Crippen molar-refractivity contribution in [3.8, 4) is 147 Å². The molecule has 12 nitrogen and oxygen atoms in total. The lowest BCUT2D eigenvalue weighted by Crippen LogP contribution is -2.26. The number of nitrogens with zero attached hydrogens (tertiary/aromatic N) is 7. The van der Waals surface area contributed by atoms with E-state index in [2.05, 4.69) is 462 Å². The molecule has 2 aliphatic rings. The summed E-state index contributed by atoms with van der Waals surface area (Å²) in [5, 5.41) is 16.1. The summed E-state index contributed by atoms with van der Waals surface area (Å²) in [7, 11) is 0. The Balaban J connectivity index is 0.0000000945. The molecule has 712 valence electrons. The normalized spacial score (nSPS) is 13.0. The average Bonchev–Trinajstić information content (AvgIpc) is 1.58. The van der Waals surface area contributed by atoms with Crippen LogP contribution >= 0.6 is 0 Å². The van der Waals surface area contributed by atoms with Crippen molar-refractivity contribution in [1.29, 1.82) is 0 Å². The predicted octanol–water partition coefficient (Wildman–Crippen LogP) is 36.8. The number of fused-ring (bicyclic) bond motifs is 10. The maximum absolute atomic E-state index is 6.65. The summed E-state index contributed by atoms with van der Waals surface area (Å²) in [5.74, 6) is 10.0. The number of furan rings is 5. The zero-order valence-electron chi connectivity index (χ0n) is 81.5. The molecular formula is C138H95N7O5. The molecule has 0 bridgehead atoms. The second-order valence-corrected chi connectivity index (χ2v) is 37.2. The molecule has 12 heteroatoms. The summed E-state index contributed by atoms with van der Waals surface area (Å²) in [4.78, 5) is 7.36. The molecule has 28 aromatic rings. The van der Waals surface area contributed by atoms with Crippen LogP contribution in [0.25, 0.3) is 223 Å². The molecule has 2 unspecified atom stereocenters. The van der Waals surface area contributed by atoms with E-state index in [-0.39, 0.29) is 12.1 Å². The van der Waals surface area contributed by atoms with E-state index >= 15 is 0 Å². The van der Waals surface area contributed by atoms with Gasteiger partial charge in [-0.1, -0.05) is 455 Å². The molecule has 0 N–H and O–H groups in total. The van der Waals surface area contributed by atoms with Crippen molar-refractivity contribution >= 4 is 81.8 Å². The number of rotatable bonds is 15. The van der Waals surface area contributed by atoms with E-state index in [4.69, 9.17) is 32.2 Å². The highest BCUT2D eigenvalue weighted by Gasteiger charge is 2.41. The summed E-state index contributed by atoms with van der Waals surface area (Å²) >= 11 is 0. The summed E-state index contributed by atoms with van der Waals surface area (Å²) in [6.45, 7) is 0. The molecule has 2 aliphatic heterocycles. The van der Waals surface area contributed by atoms with Crippen LogP contribution in [0, 0.1) is 0 Å². The Kier molecular flexibility index (Phi) is 23.9. The summed E-state index contributed by atoms with van der Waals surface area (Å²) < 4.78 is 41.6. The fourth-order valence-corrected chi connectivity index (χ4v) is 21.5. The number of hydrogen-bond donors (Lipinski definition) is 0. The fourth-order valence-electron chi connectivity index (χ4n) is 21.5. The molecule has 0 fully saturated rings. The van der Waals surface area contributed by atoms with Crippen molar-refractivity contribution in [3.05, 3.63) is 576 Å². The second kappa shape index (κ2) is 39.9. The van der Waals surface area contributed by atoms with Crippen LogP contribution in [0.15, 0.2) is 592 Å². The van der Waals surface area contributed by atoms with Crippen molar-refractivity contribution < 1.29 is 22.1 Å². The van der Waals surface area contributed by atoms with Crippen molar-refractivity contribution in [2.45, 2.75) is 12.1 Å². The minimum absolute atomic E-state index is 0.0561. The van der Waals surface area contributed by atoms with Crippen LogP contribution in [-0.4, -0.2) is 33.6 Å². The van der Waals surface area contributed by atoms with Gasteiger partial charge in [-0.2, -0.15) is 5.10 Å². The molecule has 13 aromatic heterocycles. The highest BCUT2D eigenvalue weighted by atomic mass is 16.4. The fraction of sp³-hybridized carbons (Fsp3) is 0.0145. The van der Waals surface area contributed by atoms with Crippen LogP contribution in [-0.2, 0) is 0 Å². The van der Waals surface area contributed by atoms with Gasteiger partial charge in [0.2, 0.25) is 0 Å². The number of aromatic nitrogens is 5. The largest absolute Gasteiger partial charge is 0.457 e. The first-order valence-corrected chi connectivity index (χ1v) is 50.6. The quantitative estimate of drug-likeness (QED) is 0.100. The van der Waals surface area contributed by atoms with Crippen LogP contribution in [0.2, 0.25) is 0 Å². The van der Waals surface area contributed by atoms with E-state index in [0.29, 0.717) is 0 Å². The van der Waals surface area contributed by atoms with Crippen LogP contribution in [0.1, 0.15) is 23.4 Å². The topological polar surface area (TPSA) is 112 Å². The van der Waals surface area contributed by atoms with Crippen molar-refractivity contribution in [1.82, 2.24) is 27.7 Å². The molecule has 150 heavy (non-hydrogen) atoms. The second-order valence-electron chi connectivity index (χ2n) is 37.2. The Bertz CT molecular complexity index is 9350. The summed E-state index contributed by atoms with van der Waals surface area (Å²) in [6, 6.07) is 173. The average molecular weight is 1930 g/mol. The molecule has 0 radical (unpaired) electrons. The molecule has 15 aromatic carbocycles. The first-order chi connectivity index (χ1) is 74.5. The highest BCUT2D eigenvalue weighted by Crippen LogP contribution is 2.53. The number of benzene rings is 15. The van der Waals surface area contributed by atoms with Gasteiger partial charge in [-0.25, -0.2) is 4.52 Å². The standard InChI is InChI=1S/3C28H19NO.C27H20N2O.C27H18N2O/c1-3-11-20(12-4-1)26-25(19-22-15-9-10-18-29(22)26)28-24-17-8-7-16-23(24)27(30-28)21-13-5-2-6-14-21;1-3-11-20(12-4-1)26-24(19-29-18-10-9-17-25(26)29)28-23-16-8-7-15-22(23)27(30-28)21-13-5-2-6-14-21;1-3-11-20(12-4-1)24-19-29-18-10-9-17-25(29)26(24)28-23-16-8-7-15-22(23)27(30-28)21-13-5-2-6-14-21;1-3-11-19(12-4-1)25-24(28-23-17-9-10-18-29(23)25)27-22-16-8-7-15-21(22)26(30-27)20-13-5-2-6-14-20;1-3-11-19(12-4-1)25-24(23-17-9-10-18-29(23)28-25)27-22-16-8-7-15-21(22)26(30-27)20-13-5-2-6-14-20/h3*1-19H;1-18,24-25H;1-18H. The first kappa shape index (κ1) is 90.0. The van der Waals surface area contributed by atoms with Crippen molar-refractivity contribution in [2.75, 3.05) is 0 Å². The third kappa shape index (κ3) is 16.8. The molecule has 2 atom stereocenters. The van der Waals surface area contributed by atoms with E-state index in [1.165, 1.54) is 38.9 Å². The van der Waals surface area contributed by atoms with Gasteiger partial charge in [0.15, 0.2) is 0 Å². The molecular weight excluding hydrogens is 1840 g/mol. The molecule has 30 rings (SSSR count). The first-order valence-electron chi connectivity index (χ1n) is 50.6. The third-order valence-electron chi connectivity index (χ3n) is 28.2. The van der Waals surface area contributed by atoms with Gasteiger partial charge in [-0.05, 0) is 89.0 Å². The van der Waals surface area contributed by atoms with E-state index in [9.17, 15) is 0 Å². The van der Waals surface area contributed by atoms with Crippen LogP contribution < -0.4 is 0 Å². The Morgan fingerprint density at radius 2 is 0.573 bits per heavy atom. The molecule has 0 saturated carbocycles. The predicted molar refractivity (Wildman–Crippen MR) is 613 cm³/mol. The van der Waals surface area contributed by atoms with Gasteiger partial charge in [-0.3, -0.25) is 4.99 Å². The van der Waals surface area contributed by atoms with Gasteiger partial charge in [0.25, 0.3) is 0 Å². The Hall–Kier alpha value is -20.1. The number of pyridine rings is 4. The molecule has 0 amide bonds. The smallest absolute Gasteiger partial charge is 0.147 e. The molecule has 0 saturated heterocycles. The SMILES string of the molecule is C1=CC2=NC(c3oc(-c4ccccc4)c4ccccc34)C(c3ccccc3)N2C=C1.c1ccc(-c2cn3ccccc3c2-c2oc(-c3ccccc3)c3ccccc23)cc1.c1ccc(-c2nn3ccccc3c2-c2oc(-c3ccccc3)c3ccccc23)cc1.c1ccc(-c2oc(-c3cc4ccccn4c3-c3ccccc3)c3ccccc23)cc1.c1ccc(-c2oc(-c3cn4ccccc4c3-c3ccccc3)c3ccccc23)cc1. The monoisotopic (exact) mass is 1930 g/mol. The van der Waals surface area contributed by atoms with Gasteiger partial charge < -0.3 is 40.2 Å². The van der Waals surface area contributed by atoms with Gasteiger partial charge in [0.1, 0.15) is 75.2 Å². The Morgan fingerprint density at radius 3 is 1.05 bits per heavy atom. The summed E-state index contributed by atoms with van der Waals surface area (Å²) in [6.07, 6.45) is 20.9. The highest BCUT2D eigenvalue weighted by molar-refractivity contribution is 6.12. The minimum atomic E-state index is -0.128. The van der Waals surface area contributed by atoms with Gasteiger partial charge in [0, 0.05) is 158 Å². The summed E-state index contributed by atoms with van der Waals surface area (Å²) in [5.41, 5.74) is 24.5. The van der Waals surface area contributed by atoms with Gasteiger partial charge in [-0.15, -0.1) is 0 Å². The third-order valence-corrected chi connectivity index (χ3v) is 28.2. The molecule has 15 heterocycles. The zero-order chi connectivity index (χ0) is 99.6. The number of hydrogen-bond acceptors (Lipinski definition) is 8. The van der Waals surface area contributed by atoms with Crippen LogP contribution in [0.4, 0.5) is 0 Å². The zero-order valence-corrected chi connectivity index (χ0v) is 81.5. The maximum Gasteiger partial charge on any atom is 0.147 e. The van der Waals surface area contributed by atoms with Gasteiger partial charge in [0.05, 0.1) is 39.4 Å². The van der Waals surface area contributed by atoms with Gasteiger partial charge >= 0.3 is 0 Å². The van der Waals surface area contributed by atoms with E-state index in [1.54, 1.807) is 0 Å². The van der Waals surface area contributed by atoms with Crippen LogP contribution in [0.3, 0.4) is 0 Å². The maximum atomic E-state index is 6.65.